The van der Waals surface area contributed by atoms with Crippen LogP contribution in [0.5, 0.6) is 5.75 Å². The third kappa shape index (κ3) is 4.14. The number of rotatable bonds is 4. The monoisotopic (exact) mass is 357 g/mol. The van der Waals surface area contributed by atoms with Gasteiger partial charge in [0.25, 0.3) is 11.6 Å². The Hall–Kier alpha value is -3.46. The van der Waals surface area contributed by atoms with Gasteiger partial charge in [-0.15, -0.1) is 0 Å². The van der Waals surface area contributed by atoms with Crippen LogP contribution < -0.4 is 15.0 Å². The quantitative estimate of drug-likeness (QED) is 0.665. The zero-order chi connectivity index (χ0) is 18.5. The molecule has 2 amide bonds. The second-order valence-electron chi connectivity index (χ2n) is 5.41. The van der Waals surface area contributed by atoms with Crippen molar-refractivity contribution >= 4 is 29.1 Å². The molecule has 1 saturated heterocycles. The molecule has 0 bridgehead atoms. The van der Waals surface area contributed by atoms with Crippen molar-refractivity contribution in [2.75, 3.05) is 30.0 Å². The van der Waals surface area contributed by atoms with Crippen molar-refractivity contribution in [3.63, 3.8) is 0 Å². The summed E-state index contributed by atoms with van der Waals surface area (Å²) in [6, 6.07) is 11.9. The summed E-state index contributed by atoms with van der Waals surface area (Å²) in [7, 11) is 0. The molecule has 1 aliphatic heterocycles. The summed E-state index contributed by atoms with van der Waals surface area (Å²) >= 11 is 0. The van der Waals surface area contributed by atoms with Gasteiger partial charge in [-0.05, 0) is 36.4 Å². The van der Waals surface area contributed by atoms with Crippen LogP contribution in [-0.4, -0.2) is 36.7 Å². The van der Waals surface area contributed by atoms with Gasteiger partial charge in [0.05, 0.1) is 11.5 Å². The van der Waals surface area contributed by atoms with Gasteiger partial charge in [-0.3, -0.25) is 20.2 Å². The minimum absolute atomic E-state index is 0.0571. The molecule has 1 N–H and O–H groups in total. The van der Waals surface area contributed by atoms with Crippen LogP contribution in [0, 0.1) is 10.1 Å². The molecule has 0 unspecified atom stereocenters. The van der Waals surface area contributed by atoms with Crippen LogP contribution in [0.15, 0.2) is 48.5 Å². The van der Waals surface area contributed by atoms with Crippen LogP contribution in [0.25, 0.3) is 0 Å². The summed E-state index contributed by atoms with van der Waals surface area (Å²) in [6.45, 7) is 1.02. The molecule has 1 aliphatic rings. The van der Waals surface area contributed by atoms with Gasteiger partial charge in [0, 0.05) is 30.1 Å². The zero-order valence-electron chi connectivity index (χ0n) is 13.6. The first-order valence-electron chi connectivity index (χ1n) is 7.74. The number of nitro benzene ring substituents is 1. The average Bonchev–Trinajstić information content (AvgIpc) is 2.63. The van der Waals surface area contributed by atoms with Crippen LogP contribution in [0.3, 0.4) is 0 Å². The number of hydrogen-bond donors (Lipinski definition) is 1. The highest BCUT2D eigenvalue weighted by Gasteiger charge is 2.20. The molecule has 134 valence electrons. The molecule has 0 atom stereocenters. The molecular formula is C17H15N3O6. The van der Waals surface area contributed by atoms with Gasteiger partial charge in [0.1, 0.15) is 12.4 Å². The summed E-state index contributed by atoms with van der Waals surface area (Å²) in [5, 5.41) is 13.1. The van der Waals surface area contributed by atoms with Crippen molar-refractivity contribution in [2.45, 2.75) is 0 Å². The molecule has 2 aromatic rings. The predicted octanol–water partition coefficient (Wildman–Crippen LogP) is 2.57. The summed E-state index contributed by atoms with van der Waals surface area (Å²) in [5.41, 5.74) is 1.11. The molecule has 1 fully saturated rings. The number of benzene rings is 2. The first-order chi connectivity index (χ1) is 12.5. The van der Waals surface area contributed by atoms with Crippen molar-refractivity contribution in [2.24, 2.45) is 0 Å². The van der Waals surface area contributed by atoms with Crippen LogP contribution in [0.1, 0.15) is 0 Å². The number of hydrogen-bond acceptors (Lipinski definition) is 6. The Morgan fingerprint density at radius 2 is 1.85 bits per heavy atom. The number of non-ortho nitro benzene ring substituents is 1. The number of nitrogens with one attached hydrogen (secondary N) is 1. The van der Waals surface area contributed by atoms with E-state index in [0.717, 1.165) is 0 Å². The van der Waals surface area contributed by atoms with E-state index in [2.05, 4.69) is 5.32 Å². The Morgan fingerprint density at radius 1 is 1.15 bits per heavy atom. The predicted molar refractivity (Wildman–Crippen MR) is 92.4 cm³/mol. The fourth-order valence-electron chi connectivity index (χ4n) is 2.40. The van der Waals surface area contributed by atoms with Gasteiger partial charge in [-0.2, -0.15) is 0 Å². The van der Waals surface area contributed by atoms with E-state index < -0.39 is 11.0 Å². The lowest BCUT2D eigenvalue weighted by molar-refractivity contribution is -0.384. The van der Waals surface area contributed by atoms with E-state index in [1.165, 1.54) is 24.3 Å². The van der Waals surface area contributed by atoms with Crippen molar-refractivity contribution in [1.82, 2.24) is 0 Å². The average molecular weight is 357 g/mol. The zero-order valence-corrected chi connectivity index (χ0v) is 13.6. The maximum absolute atomic E-state index is 11.9. The molecule has 9 nitrogen and oxygen atoms in total. The van der Waals surface area contributed by atoms with E-state index in [1.807, 2.05) is 0 Å². The molecule has 0 aromatic heterocycles. The molecule has 9 heteroatoms. The first-order valence-corrected chi connectivity index (χ1v) is 7.74. The topological polar surface area (TPSA) is 111 Å². The molecule has 0 aliphatic carbocycles. The molecule has 0 radical (unpaired) electrons. The second kappa shape index (κ2) is 7.62. The summed E-state index contributed by atoms with van der Waals surface area (Å²) in [5.74, 6) is 0.0678. The van der Waals surface area contributed by atoms with Crippen molar-refractivity contribution < 1.29 is 24.0 Å². The maximum Gasteiger partial charge on any atom is 0.417 e. The summed E-state index contributed by atoms with van der Waals surface area (Å²) in [6.07, 6.45) is -0.728. The maximum atomic E-state index is 11.9. The molecule has 0 saturated carbocycles. The van der Waals surface area contributed by atoms with Crippen LogP contribution in [0.4, 0.5) is 21.9 Å². The fourth-order valence-corrected chi connectivity index (χ4v) is 2.40. The third-order valence-corrected chi connectivity index (χ3v) is 3.67. The highest BCUT2D eigenvalue weighted by Crippen LogP contribution is 2.21. The number of morpholine rings is 1. The molecule has 3 rings (SSSR count). The van der Waals surface area contributed by atoms with E-state index in [-0.39, 0.29) is 24.0 Å². The second-order valence-corrected chi connectivity index (χ2v) is 5.41. The smallest absolute Gasteiger partial charge is 0.410 e. The van der Waals surface area contributed by atoms with Gasteiger partial charge >= 0.3 is 6.09 Å². The van der Waals surface area contributed by atoms with E-state index >= 15 is 0 Å². The Labute approximate surface area is 148 Å². The van der Waals surface area contributed by atoms with Crippen LogP contribution >= 0.6 is 0 Å². The molecular weight excluding hydrogens is 342 g/mol. The number of amides is 2. The van der Waals surface area contributed by atoms with Gasteiger partial charge in [-0.25, -0.2) is 4.79 Å². The first kappa shape index (κ1) is 17.4. The van der Waals surface area contributed by atoms with Crippen molar-refractivity contribution in [3.05, 3.63) is 58.6 Å². The van der Waals surface area contributed by atoms with Gasteiger partial charge < -0.3 is 14.4 Å². The van der Waals surface area contributed by atoms with Crippen LogP contribution in [-0.2, 0) is 9.53 Å². The number of carbonyl (C=O) groups is 2. The Kier molecular flexibility index (Phi) is 5.09. The number of carbonyl (C=O) groups excluding carboxylic acids is 2. The van der Waals surface area contributed by atoms with E-state index in [1.54, 1.807) is 29.2 Å². The Bertz CT molecular complexity index is 819. The summed E-state index contributed by atoms with van der Waals surface area (Å²) < 4.78 is 10.1. The molecule has 1 heterocycles. The highest BCUT2D eigenvalue weighted by molar-refractivity contribution is 5.95. The van der Waals surface area contributed by atoms with Crippen molar-refractivity contribution in [3.8, 4) is 5.75 Å². The number of nitrogens with zero attached hydrogens (tertiary/aromatic N) is 2. The van der Waals surface area contributed by atoms with E-state index in [0.29, 0.717) is 24.5 Å². The van der Waals surface area contributed by atoms with E-state index in [9.17, 15) is 19.7 Å². The highest BCUT2D eigenvalue weighted by atomic mass is 16.6. The minimum atomic E-state index is -0.728. The van der Waals surface area contributed by atoms with Crippen molar-refractivity contribution in [1.29, 1.82) is 0 Å². The standard InChI is InChI=1S/C17H15N3O6/c21-16-11-25-10-9-19(16)13-3-1-12(2-4-13)18-17(22)26-15-7-5-14(6-8-15)20(23)24/h1-8H,9-11H2,(H,18,22). The Morgan fingerprint density at radius 3 is 2.46 bits per heavy atom. The molecule has 26 heavy (non-hydrogen) atoms. The number of ether oxygens (including phenoxy) is 2. The SMILES string of the molecule is O=C(Nc1ccc(N2CCOCC2=O)cc1)Oc1ccc([N+](=O)[O-])cc1. The number of anilines is 2. The lowest BCUT2D eigenvalue weighted by atomic mass is 10.2. The summed E-state index contributed by atoms with van der Waals surface area (Å²) in [4.78, 5) is 35.4. The lowest BCUT2D eigenvalue weighted by Gasteiger charge is -2.26. The largest absolute Gasteiger partial charge is 0.417 e. The number of nitro groups is 1. The third-order valence-electron chi connectivity index (χ3n) is 3.67. The van der Waals surface area contributed by atoms with Gasteiger partial charge in [-0.1, -0.05) is 0 Å². The van der Waals surface area contributed by atoms with E-state index in [4.69, 9.17) is 9.47 Å². The lowest BCUT2D eigenvalue weighted by Crippen LogP contribution is -2.41. The van der Waals surface area contributed by atoms with Gasteiger partial charge in [0.2, 0.25) is 0 Å². The fraction of sp³-hybridized carbons (Fsp3) is 0.176. The molecule has 0 spiro atoms. The van der Waals surface area contributed by atoms with Gasteiger partial charge in [0.15, 0.2) is 0 Å². The Balaban J connectivity index is 1.59. The van der Waals surface area contributed by atoms with Crippen LogP contribution in [0.2, 0.25) is 0 Å². The minimum Gasteiger partial charge on any atom is -0.410 e. The normalized spacial score (nSPS) is 14.0. The molecule has 2 aromatic carbocycles.